The second-order valence-corrected chi connectivity index (χ2v) is 18.8. The average molecular weight is 936 g/mol. The van der Waals surface area contributed by atoms with Crippen molar-refractivity contribution in [2.75, 3.05) is 13.2 Å². The lowest BCUT2D eigenvalue weighted by molar-refractivity contribution is -0.167. The van der Waals surface area contributed by atoms with E-state index in [-0.39, 0.29) is 31.1 Å². The van der Waals surface area contributed by atoms with Gasteiger partial charge in [-0.1, -0.05) is 241 Å². The first kappa shape index (κ1) is 63.8. The highest BCUT2D eigenvalue weighted by Gasteiger charge is 2.19. The minimum atomic E-state index is -0.774. The topological polar surface area (TPSA) is 78.9 Å². The summed E-state index contributed by atoms with van der Waals surface area (Å²) in [6.45, 7) is 6.44. The number of hydrogen-bond acceptors (Lipinski definition) is 6. The maximum atomic E-state index is 12.7. The lowest BCUT2D eigenvalue weighted by Crippen LogP contribution is -2.30. The molecule has 1 atom stereocenters. The molecule has 386 valence electrons. The lowest BCUT2D eigenvalue weighted by Gasteiger charge is -2.18. The smallest absolute Gasteiger partial charge is 0.306 e. The molecule has 0 fully saturated rings. The fourth-order valence-corrected chi connectivity index (χ4v) is 7.93. The largest absolute Gasteiger partial charge is 0.462 e. The molecule has 0 aromatic heterocycles. The summed E-state index contributed by atoms with van der Waals surface area (Å²) in [5.41, 5.74) is 0. The molecule has 0 aromatic carbocycles. The van der Waals surface area contributed by atoms with Crippen LogP contribution in [0, 0.1) is 0 Å². The first-order chi connectivity index (χ1) is 33.0. The third-order valence-corrected chi connectivity index (χ3v) is 12.2. The molecule has 0 radical (unpaired) electrons. The van der Waals surface area contributed by atoms with E-state index in [1.54, 1.807) is 0 Å². The van der Waals surface area contributed by atoms with Gasteiger partial charge >= 0.3 is 17.9 Å². The van der Waals surface area contributed by atoms with Crippen LogP contribution in [0.2, 0.25) is 0 Å². The fraction of sp³-hybridized carbons (Fsp3) is 0.754. The highest BCUT2D eigenvalue weighted by Crippen LogP contribution is 2.15. The molecule has 0 saturated heterocycles. The summed E-state index contributed by atoms with van der Waals surface area (Å²) in [5, 5.41) is 0. The van der Waals surface area contributed by atoms with Gasteiger partial charge < -0.3 is 14.2 Å². The molecule has 1 unspecified atom stereocenters. The lowest BCUT2D eigenvalue weighted by atomic mass is 10.0. The van der Waals surface area contributed by atoms with E-state index in [1.807, 2.05) is 0 Å². The SMILES string of the molecule is CC/C=C\C/C=C\C/C=C\C/C=C\C/C=C\CCCCCCCCCCCCCCCC(=O)OCC(COC(=O)CCCCCCC)OC(=O)CCCCCCC/C=C\CCCCCCCC. The highest BCUT2D eigenvalue weighted by molar-refractivity contribution is 5.71. The number of carbonyl (C=O) groups excluding carboxylic acids is 3. The average Bonchev–Trinajstić information content (AvgIpc) is 3.33. The van der Waals surface area contributed by atoms with Crippen LogP contribution in [-0.4, -0.2) is 37.2 Å². The zero-order valence-corrected chi connectivity index (χ0v) is 44.2. The molecule has 0 aliphatic carbocycles. The van der Waals surface area contributed by atoms with Gasteiger partial charge in [-0.15, -0.1) is 0 Å². The number of allylic oxidation sites excluding steroid dienone is 12. The molecule has 0 aromatic rings. The van der Waals surface area contributed by atoms with E-state index in [4.69, 9.17) is 14.2 Å². The molecule has 0 spiro atoms. The van der Waals surface area contributed by atoms with E-state index in [0.717, 1.165) is 103 Å². The molecule has 0 aliphatic rings. The summed E-state index contributed by atoms with van der Waals surface area (Å²) in [6.07, 6.45) is 70.9. The summed E-state index contributed by atoms with van der Waals surface area (Å²) in [7, 11) is 0. The van der Waals surface area contributed by atoms with Crippen LogP contribution in [0.1, 0.15) is 278 Å². The van der Waals surface area contributed by atoms with Gasteiger partial charge in [0.2, 0.25) is 0 Å². The van der Waals surface area contributed by atoms with Crippen molar-refractivity contribution in [3.8, 4) is 0 Å². The van der Waals surface area contributed by atoms with E-state index >= 15 is 0 Å². The normalized spacial score (nSPS) is 12.6. The summed E-state index contributed by atoms with van der Waals surface area (Å²) >= 11 is 0. The summed E-state index contributed by atoms with van der Waals surface area (Å²) in [5.74, 6) is -0.895. The van der Waals surface area contributed by atoms with Gasteiger partial charge in [-0.3, -0.25) is 14.4 Å². The molecular formula is C61H106O6. The predicted octanol–water partition coefficient (Wildman–Crippen LogP) is 19.0. The van der Waals surface area contributed by atoms with Crippen molar-refractivity contribution >= 4 is 17.9 Å². The zero-order chi connectivity index (χ0) is 48.6. The number of carbonyl (C=O) groups is 3. The van der Waals surface area contributed by atoms with Crippen molar-refractivity contribution in [2.45, 2.75) is 284 Å². The zero-order valence-electron chi connectivity index (χ0n) is 44.2. The Morgan fingerprint density at radius 2 is 0.582 bits per heavy atom. The molecule has 0 heterocycles. The Kier molecular flexibility index (Phi) is 52.8. The van der Waals surface area contributed by atoms with E-state index in [0.29, 0.717) is 19.3 Å². The number of esters is 3. The molecule has 0 aliphatic heterocycles. The van der Waals surface area contributed by atoms with Gasteiger partial charge in [-0.05, 0) is 89.9 Å². The van der Waals surface area contributed by atoms with Crippen molar-refractivity contribution in [1.29, 1.82) is 0 Å². The Morgan fingerprint density at radius 1 is 0.313 bits per heavy atom. The van der Waals surface area contributed by atoms with Crippen LogP contribution < -0.4 is 0 Å². The third kappa shape index (κ3) is 53.7. The summed E-state index contributed by atoms with van der Waals surface area (Å²) in [6, 6.07) is 0. The van der Waals surface area contributed by atoms with Crippen LogP contribution in [0.5, 0.6) is 0 Å². The van der Waals surface area contributed by atoms with Crippen LogP contribution in [0.15, 0.2) is 72.9 Å². The van der Waals surface area contributed by atoms with Gasteiger partial charge in [0.25, 0.3) is 0 Å². The highest BCUT2D eigenvalue weighted by atomic mass is 16.6. The molecule has 0 N–H and O–H groups in total. The van der Waals surface area contributed by atoms with Crippen LogP contribution >= 0.6 is 0 Å². The van der Waals surface area contributed by atoms with E-state index < -0.39 is 6.10 Å². The number of hydrogen-bond donors (Lipinski definition) is 0. The van der Waals surface area contributed by atoms with Gasteiger partial charge in [-0.25, -0.2) is 0 Å². The Hall–Kier alpha value is -3.15. The Balaban J connectivity index is 4.03. The van der Waals surface area contributed by atoms with E-state index in [9.17, 15) is 14.4 Å². The molecular weight excluding hydrogens is 829 g/mol. The minimum absolute atomic E-state index is 0.0775. The van der Waals surface area contributed by atoms with Crippen molar-refractivity contribution < 1.29 is 28.6 Å². The molecule has 0 bridgehead atoms. The van der Waals surface area contributed by atoms with E-state index in [1.165, 1.54) is 135 Å². The quantitative estimate of drug-likeness (QED) is 0.0262. The van der Waals surface area contributed by atoms with Crippen LogP contribution in [0.4, 0.5) is 0 Å². The Bertz CT molecular complexity index is 1260. The Labute approximate surface area is 414 Å². The molecule has 0 amide bonds. The maximum absolute atomic E-state index is 12.7. The Morgan fingerprint density at radius 3 is 0.925 bits per heavy atom. The number of ether oxygens (including phenoxy) is 3. The molecule has 0 rings (SSSR count). The summed E-state index contributed by atoms with van der Waals surface area (Å²) in [4.78, 5) is 37.7. The van der Waals surface area contributed by atoms with Crippen molar-refractivity contribution in [3.63, 3.8) is 0 Å². The molecule has 0 saturated carbocycles. The first-order valence-electron chi connectivity index (χ1n) is 28.4. The van der Waals surface area contributed by atoms with E-state index in [2.05, 4.69) is 93.7 Å². The van der Waals surface area contributed by atoms with Gasteiger partial charge in [-0.2, -0.15) is 0 Å². The fourth-order valence-electron chi connectivity index (χ4n) is 7.93. The third-order valence-electron chi connectivity index (χ3n) is 12.2. The number of rotatable bonds is 51. The van der Waals surface area contributed by atoms with Crippen LogP contribution in [-0.2, 0) is 28.6 Å². The maximum Gasteiger partial charge on any atom is 0.306 e. The first-order valence-corrected chi connectivity index (χ1v) is 28.4. The van der Waals surface area contributed by atoms with Crippen molar-refractivity contribution in [2.24, 2.45) is 0 Å². The van der Waals surface area contributed by atoms with Gasteiger partial charge in [0.1, 0.15) is 13.2 Å². The standard InChI is InChI=1S/C61H106O6/c1-4-7-10-13-15-17-19-21-23-24-25-26-27-28-29-30-31-32-33-34-35-36-38-39-41-43-45-48-51-54-60(63)66-57-58(56-65-59(62)53-50-47-12-9-6-3)67-61(64)55-52-49-46-44-42-40-37-22-20-18-16-14-11-8-5-2/h7,10,15,17,21-23,25-26,28-29,37,58H,4-6,8-9,11-14,16,18-20,24,27,30-36,38-57H2,1-3H3/b10-7-,17-15-,23-21-,26-25-,29-28-,37-22-. The minimum Gasteiger partial charge on any atom is -0.462 e. The molecule has 67 heavy (non-hydrogen) atoms. The van der Waals surface area contributed by atoms with Crippen molar-refractivity contribution in [1.82, 2.24) is 0 Å². The number of unbranched alkanes of at least 4 members (excludes halogenated alkanes) is 28. The van der Waals surface area contributed by atoms with Crippen LogP contribution in [0.25, 0.3) is 0 Å². The molecule has 6 heteroatoms. The molecule has 6 nitrogen and oxygen atoms in total. The van der Waals surface area contributed by atoms with Gasteiger partial charge in [0.15, 0.2) is 6.10 Å². The monoisotopic (exact) mass is 935 g/mol. The van der Waals surface area contributed by atoms with Gasteiger partial charge in [0, 0.05) is 19.3 Å². The second-order valence-electron chi connectivity index (χ2n) is 18.8. The van der Waals surface area contributed by atoms with Crippen molar-refractivity contribution in [3.05, 3.63) is 72.9 Å². The summed E-state index contributed by atoms with van der Waals surface area (Å²) < 4.78 is 16.7. The van der Waals surface area contributed by atoms with Gasteiger partial charge in [0.05, 0.1) is 0 Å². The second kappa shape index (κ2) is 55.4. The van der Waals surface area contributed by atoms with Crippen LogP contribution in [0.3, 0.4) is 0 Å². The predicted molar refractivity (Wildman–Crippen MR) is 288 cm³/mol.